The monoisotopic (exact) mass is 252 g/mol. The Morgan fingerprint density at radius 2 is 2.18 bits per heavy atom. The molecule has 2 nitrogen and oxygen atoms in total. The average Bonchev–Trinajstić information content (AvgIpc) is 3.12. The highest BCUT2D eigenvalue weighted by Crippen LogP contribution is 2.33. The molecule has 1 fully saturated rings. The fourth-order valence-corrected chi connectivity index (χ4v) is 2.41. The van der Waals surface area contributed by atoms with Crippen LogP contribution < -0.4 is 10.6 Å². The van der Waals surface area contributed by atoms with Gasteiger partial charge in [0.15, 0.2) is 0 Å². The van der Waals surface area contributed by atoms with E-state index in [1.165, 1.54) is 31.5 Å². The number of nitrogens with zero attached hydrogens (tertiary/aromatic N) is 1. The lowest BCUT2D eigenvalue weighted by Crippen LogP contribution is -2.27. The second kappa shape index (κ2) is 5.74. The molecule has 94 valence electrons. The van der Waals surface area contributed by atoms with Crippen LogP contribution in [0.25, 0.3) is 0 Å². The van der Waals surface area contributed by atoms with E-state index >= 15 is 0 Å². The van der Waals surface area contributed by atoms with Gasteiger partial charge in [-0.15, -0.1) is 0 Å². The summed E-state index contributed by atoms with van der Waals surface area (Å²) in [5, 5.41) is 0.775. The summed E-state index contributed by atoms with van der Waals surface area (Å²) in [7, 11) is 0. The van der Waals surface area contributed by atoms with Gasteiger partial charge in [0.25, 0.3) is 0 Å². The molecule has 1 aliphatic carbocycles. The minimum absolute atomic E-state index is 0.556. The highest BCUT2D eigenvalue weighted by Gasteiger charge is 2.24. The molecule has 1 aromatic carbocycles. The first kappa shape index (κ1) is 12.7. The van der Waals surface area contributed by atoms with Gasteiger partial charge in [-0.05, 0) is 48.9 Å². The van der Waals surface area contributed by atoms with Crippen molar-refractivity contribution in [2.24, 2.45) is 11.7 Å². The van der Waals surface area contributed by atoms with E-state index in [4.69, 9.17) is 17.3 Å². The first-order chi connectivity index (χ1) is 8.24. The normalized spacial score (nSPS) is 15.0. The maximum absolute atomic E-state index is 6.02. The molecule has 0 atom stereocenters. The van der Waals surface area contributed by atoms with Crippen LogP contribution in [0.4, 0.5) is 5.69 Å². The van der Waals surface area contributed by atoms with Crippen molar-refractivity contribution in [3.8, 4) is 0 Å². The Morgan fingerprint density at radius 3 is 2.76 bits per heavy atom. The number of halogens is 1. The van der Waals surface area contributed by atoms with E-state index in [9.17, 15) is 0 Å². The predicted molar refractivity (Wildman–Crippen MR) is 74.6 cm³/mol. The molecule has 0 unspecified atom stereocenters. The molecule has 1 aromatic rings. The third-order valence-electron chi connectivity index (χ3n) is 3.27. The topological polar surface area (TPSA) is 29.3 Å². The molecule has 1 saturated carbocycles. The van der Waals surface area contributed by atoms with Gasteiger partial charge >= 0.3 is 0 Å². The summed E-state index contributed by atoms with van der Waals surface area (Å²) in [6.07, 6.45) is 3.93. The Morgan fingerprint density at radius 1 is 1.41 bits per heavy atom. The minimum atomic E-state index is 0.556. The summed E-state index contributed by atoms with van der Waals surface area (Å²) >= 11 is 6.02. The molecule has 0 radical (unpaired) electrons. The Bertz CT molecular complexity index is 374. The molecular weight excluding hydrogens is 232 g/mol. The molecule has 3 heteroatoms. The summed E-state index contributed by atoms with van der Waals surface area (Å²) in [5.74, 6) is 0.892. The lowest BCUT2D eigenvalue weighted by molar-refractivity contribution is 0.704. The van der Waals surface area contributed by atoms with Gasteiger partial charge in [0, 0.05) is 30.3 Å². The summed E-state index contributed by atoms with van der Waals surface area (Å²) in [4.78, 5) is 2.47. The Kier molecular flexibility index (Phi) is 4.30. The summed E-state index contributed by atoms with van der Waals surface area (Å²) in [6.45, 7) is 5.05. The quantitative estimate of drug-likeness (QED) is 0.841. The van der Waals surface area contributed by atoms with Crippen LogP contribution >= 0.6 is 11.6 Å². The van der Waals surface area contributed by atoms with E-state index in [0.29, 0.717) is 6.54 Å². The summed E-state index contributed by atoms with van der Waals surface area (Å²) in [6, 6.07) is 6.07. The highest BCUT2D eigenvalue weighted by molar-refractivity contribution is 6.30. The largest absolute Gasteiger partial charge is 0.371 e. The van der Waals surface area contributed by atoms with Crippen molar-refractivity contribution >= 4 is 17.3 Å². The maximum atomic E-state index is 6.02. The van der Waals surface area contributed by atoms with Gasteiger partial charge in [-0.2, -0.15) is 0 Å². The number of hydrogen-bond acceptors (Lipinski definition) is 2. The zero-order valence-electron chi connectivity index (χ0n) is 10.5. The first-order valence-electron chi connectivity index (χ1n) is 6.48. The van der Waals surface area contributed by atoms with Gasteiger partial charge in [0.05, 0.1) is 0 Å². The zero-order chi connectivity index (χ0) is 12.3. The van der Waals surface area contributed by atoms with E-state index < -0.39 is 0 Å². The van der Waals surface area contributed by atoms with E-state index in [2.05, 4.69) is 17.9 Å². The third-order valence-corrected chi connectivity index (χ3v) is 3.51. The highest BCUT2D eigenvalue weighted by atomic mass is 35.5. The van der Waals surface area contributed by atoms with Crippen molar-refractivity contribution in [1.82, 2.24) is 0 Å². The number of hydrogen-bond donors (Lipinski definition) is 1. The van der Waals surface area contributed by atoms with Crippen LogP contribution in [0, 0.1) is 5.92 Å². The van der Waals surface area contributed by atoms with Crippen LogP contribution in [0.5, 0.6) is 0 Å². The second-order valence-corrected chi connectivity index (χ2v) is 5.30. The van der Waals surface area contributed by atoms with Crippen molar-refractivity contribution in [2.45, 2.75) is 32.7 Å². The maximum Gasteiger partial charge on any atom is 0.0412 e. The zero-order valence-corrected chi connectivity index (χ0v) is 11.2. The molecule has 0 heterocycles. The Balaban J connectivity index is 2.20. The summed E-state index contributed by atoms with van der Waals surface area (Å²) in [5.41, 5.74) is 8.24. The number of nitrogens with two attached hydrogens (primary N) is 1. The molecule has 0 saturated heterocycles. The second-order valence-electron chi connectivity index (χ2n) is 4.87. The molecule has 0 aromatic heterocycles. The standard InChI is InChI=1S/C14H21ClN2/c1-2-7-17(10-11-3-4-11)14-6-5-13(15)8-12(14)9-16/h5-6,8,11H,2-4,7,9-10,16H2,1H3. The smallest absolute Gasteiger partial charge is 0.0412 e. The van der Waals surface area contributed by atoms with Crippen LogP contribution in [0.1, 0.15) is 31.7 Å². The molecule has 17 heavy (non-hydrogen) atoms. The van der Waals surface area contributed by atoms with Gasteiger partial charge in [0.1, 0.15) is 0 Å². The lowest BCUT2D eigenvalue weighted by atomic mass is 10.1. The molecular formula is C14H21ClN2. The molecule has 2 rings (SSSR count). The molecule has 0 aliphatic heterocycles. The van der Waals surface area contributed by atoms with Gasteiger partial charge in [-0.1, -0.05) is 18.5 Å². The van der Waals surface area contributed by atoms with Crippen LogP contribution in [0.3, 0.4) is 0 Å². The van der Waals surface area contributed by atoms with Crippen molar-refractivity contribution < 1.29 is 0 Å². The fraction of sp³-hybridized carbons (Fsp3) is 0.571. The van der Waals surface area contributed by atoms with Crippen LogP contribution in [0.15, 0.2) is 18.2 Å². The van der Waals surface area contributed by atoms with E-state index in [-0.39, 0.29) is 0 Å². The summed E-state index contributed by atoms with van der Waals surface area (Å²) < 4.78 is 0. The van der Waals surface area contributed by atoms with Crippen LogP contribution in [-0.4, -0.2) is 13.1 Å². The average molecular weight is 253 g/mol. The van der Waals surface area contributed by atoms with Crippen molar-refractivity contribution in [3.05, 3.63) is 28.8 Å². The van der Waals surface area contributed by atoms with E-state index in [0.717, 1.165) is 23.0 Å². The van der Waals surface area contributed by atoms with Gasteiger partial charge in [-0.25, -0.2) is 0 Å². The first-order valence-corrected chi connectivity index (χ1v) is 6.85. The van der Waals surface area contributed by atoms with E-state index in [1.807, 2.05) is 12.1 Å². The van der Waals surface area contributed by atoms with Crippen molar-refractivity contribution in [1.29, 1.82) is 0 Å². The molecule has 1 aliphatic rings. The predicted octanol–water partition coefficient (Wildman–Crippen LogP) is 3.43. The third kappa shape index (κ3) is 3.36. The number of benzene rings is 1. The minimum Gasteiger partial charge on any atom is -0.371 e. The van der Waals surface area contributed by atoms with E-state index in [1.54, 1.807) is 0 Å². The van der Waals surface area contributed by atoms with Gasteiger partial charge < -0.3 is 10.6 Å². The Hall–Kier alpha value is -0.730. The molecule has 0 amide bonds. The molecule has 2 N–H and O–H groups in total. The van der Waals surface area contributed by atoms with Crippen molar-refractivity contribution in [2.75, 3.05) is 18.0 Å². The van der Waals surface area contributed by atoms with Gasteiger partial charge in [-0.3, -0.25) is 0 Å². The number of rotatable bonds is 6. The van der Waals surface area contributed by atoms with Crippen molar-refractivity contribution in [3.63, 3.8) is 0 Å². The fourth-order valence-electron chi connectivity index (χ4n) is 2.22. The van der Waals surface area contributed by atoms with Crippen LogP contribution in [-0.2, 0) is 6.54 Å². The Labute approximate surface area is 109 Å². The molecule has 0 bridgehead atoms. The SMILES string of the molecule is CCCN(CC1CC1)c1ccc(Cl)cc1CN. The molecule has 0 spiro atoms. The number of anilines is 1. The van der Waals surface area contributed by atoms with Crippen LogP contribution in [0.2, 0.25) is 5.02 Å². The lowest BCUT2D eigenvalue weighted by Gasteiger charge is -2.26. The van der Waals surface area contributed by atoms with Gasteiger partial charge in [0.2, 0.25) is 0 Å².